The first-order valence-electron chi connectivity index (χ1n) is 3.49. The van der Waals surface area contributed by atoms with E-state index in [2.05, 4.69) is 41.9 Å². The molecule has 1 aliphatic rings. The maximum atomic E-state index is 3.97. The Kier molecular flexibility index (Phi) is 2.01. The Balaban J connectivity index is 2.93. The number of hydrogen-bond donors (Lipinski definition) is 0. The molecule has 0 aromatic heterocycles. The monoisotopic (exact) mass is 149 g/mol. The second-order valence-corrected chi connectivity index (χ2v) is 3.37. The largest absolute Gasteiger partial charge is 0.210 e. The van der Waals surface area contributed by atoms with Crippen molar-refractivity contribution < 1.29 is 0 Å². The van der Waals surface area contributed by atoms with E-state index in [1.807, 2.05) is 0 Å². The van der Waals surface area contributed by atoms with E-state index >= 15 is 0 Å². The smallest absolute Gasteiger partial charge is 0.111 e. The highest BCUT2D eigenvalue weighted by atomic mass is 15.1. The van der Waals surface area contributed by atoms with Gasteiger partial charge in [-0.25, -0.2) is 4.99 Å². The van der Waals surface area contributed by atoms with Gasteiger partial charge in [0.25, 0.3) is 0 Å². The van der Waals surface area contributed by atoms with Crippen LogP contribution >= 0.6 is 0 Å². The number of aliphatic imine (C=N–C) groups is 1. The highest BCUT2D eigenvalue weighted by Gasteiger charge is 2.16. The molecule has 0 saturated carbocycles. The lowest BCUT2D eigenvalue weighted by Crippen LogP contribution is -2.06. The fraction of sp³-hybridized carbons (Fsp3) is 0.500. The van der Waals surface area contributed by atoms with Gasteiger partial charge in [-0.15, -0.1) is 5.11 Å². The van der Waals surface area contributed by atoms with Crippen molar-refractivity contribution in [2.24, 2.45) is 20.6 Å². The van der Waals surface area contributed by atoms with Crippen molar-refractivity contribution in [1.29, 1.82) is 0 Å². The van der Waals surface area contributed by atoms with Gasteiger partial charge >= 0.3 is 0 Å². The van der Waals surface area contributed by atoms with Crippen molar-refractivity contribution in [1.82, 2.24) is 0 Å². The molecule has 1 aliphatic heterocycles. The Bertz CT molecular complexity index is 260. The molecule has 0 aromatic carbocycles. The van der Waals surface area contributed by atoms with Crippen molar-refractivity contribution in [3.05, 3.63) is 18.1 Å². The Labute approximate surface area is 66.3 Å². The van der Waals surface area contributed by atoms with Crippen molar-refractivity contribution in [3.8, 4) is 0 Å². The lowest BCUT2D eigenvalue weighted by Gasteiger charge is -2.16. The molecule has 58 valence electrons. The molecule has 0 fully saturated rings. The summed E-state index contributed by atoms with van der Waals surface area (Å²) >= 11 is 0. The van der Waals surface area contributed by atoms with E-state index in [1.54, 1.807) is 6.20 Å². The molecular formula is C8H11N3. The van der Waals surface area contributed by atoms with Crippen molar-refractivity contribution in [2.45, 2.75) is 20.8 Å². The van der Waals surface area contributed by atoms with Crippen LogP contribution in [0, 0.1) is 5.41 Å². The first-order valence-corrected chi connectivity index (χ1v) is 3.49. The number of nitrogens with zero attached hydrogens (tertiary/aromatic N) is 3. The van der Waals surface area contributed by atoms with Crippen LogP contribution in [0.4, 0.5) is 0 Å². The predicted octanol–water partition coefficient (Wildman–Crippen LogP) is 2.52. The number of azo groups is 1. The molecule has 1 heterocycles. The molecule has 0 bridgehead atoms. The van der Waals surface area contributed by atoms with Gasteiger partial charge in [-0.1, -0.05) is 20.8 Å². The van der Waals surface area contributed by atoms with E-state index in [-0.39, 0.29) is 5.41 Å². The molecule has 3 nitrogen and oxygen atoms in total. The van der Waals surface area contributed by atoms with E-state index in [0.29, 0.717) is 0 Å². The molecule has 0 spiro atoms. The third-order valence-electron chi connectivity index (χ3n) is 1.31. The van der Waals surface area contributed by atoms with E-state index in [4.69, 9.17) is 0 Å². The van der Waals surface area contributed by atoms with Gasteiger partial charge in [0.15, 0.2) is 0 Å². The number of rotatable bonds is 0. The third-order valence-corrected chi connectivity index (χ3v) is 1.31. The standard InChI is InChI=1S/C8H11N3/c1-8(2,3)7-6-9-4-5-10-11-7/h5-6H,1-3H3. The molecule has 1 rings (SSSR count). The van der Waals surface area contributed by atoms with E-state index in [0.717, 1.165) is 5.70 Å². The third kappa shape index (κ3) is 2.13. The number of allylic oxidation sites excluding steroid dienone is 1. The van der Waals surface area contributed by atoms with Crippen molar-refractivity contribution >= 4 is 5.87 Å². The van der Waals surface area contributed by atoms with Gasteiger partial charge in [-0.05, 0) is 0 Å². The van der Waals surface area contributed by atoms with Crippen LogP contribution in [0.5, 0.6) is 0 Å². The van der Waals surface area contributed by atoms with Gasteiger partial charge in [0.05, 0.1) is 11.9 Å². The normalized spacial score (nSPS) is 16.5. The predicted molar refractivity (Wildman–Crippen MR) is 44.4 cm³/mol. The van der Waals surface area contributed by atoms with E-state index < -0.39 is 0 Å². The second kappa shape index (κ2) is 2.81. The van der Waals surface area contributed by atoms with Gasteiger partial charge < -0.3 is 0 Å². The summed E-state index contributed by atoms with van der Waals surface area (Å²) in [5, 5.41) is 7.71. The molecule has 3 heteroatoms. The van der Waals surface area contributed by atoms with Crippen molar-refractivity contribution in [2.75, 3.05) is 0 Å². The Morgan fingerprint density at radius 3 is 2.73 bits per heavy atom. The highest BCUT2D eigenvalue weighted by Crippen LogP contribution is 2.26. The molecule has 0 N–H and O–H groups in total. The van der Waals surface area contributed by atoms with E-state index in [1.165, 1.54) is 6.20 Å². The van der Waals surface area contributed by atoms with Crippen molar-refractivity contribution in [3.63, 3.8) is 0 Å². The summed E-state index contributed by atoms with van der Waals surface area (Å²) in [6.45, 7) is 6.20. The molecule has 0 atom stereocenters. The molecule has 0 aromatic rings. The highest BCUT2D eigenvalue weighted by molar-refractivity contribution is 5.52. The minimum absolute atomic E-state index is 0.00681. The Hall–Kier alpha value is -1.21. The first-order chi connectivity index (χ1) is 5.11. The summed E-state index contributed by atoms with van der Waals surface area (Å²) in [5.74, 6) is 2.61. The molecule has 0 radical (unpaired) electrons. The summed E-state index contributed by atoms with van der Waals surface area (Å²) < 4.78 is 0. The van der Waals surface area contributed by atoms with Gasteiger partial charge in [0, 0.05) is 11.3 Å². The van der Waals surface area contributed by atoms with Crippen LogP contribution in [0.3, 0.4) is 0 Å². The fourth-order valence-electron chi connectivity index (χ4n) is 0.618. The van der Waals surface area contributed by atoms with Gasteiger partial charge in [-0.2, -0.15) is 5.11 Å². The summed E-state index contributed by atoms with van der Waals surface area (Å²) in [7, 11) is 0. The average Bonchev–Trinajstić information content (AvgIpc) is 2.10. The Morgan fingerprint density at radius 2 is 2.09 bits per heavy atom. The van der Waals surface area contributed by atoms with Gasteiger partial charge in [0.1, 0.15) is 6.20 Å². The number of hydrogen-bond acceptors (Lipinski definition) is 3. The van der Waals surface area contributed by atoms with Crippen LogP contribution in [0.1, 0.15) is 20.8 Å². The first kappa shape index (κ1) is 7.89. The minimum atomic E-state index is 0.00681. The molecular weight excluding hydrogens is 138 g/mol. The minimum Gasteiger partial charge on any atom is -0.210 e. The van der Waals surface area contributed by atoms with Crippen LogP contribution in [0.15, 0.2) is 33.3 Å². The topological polar surface area (TPSA) is 37.1 Å². The van der Waals surface area contributed by atoms with Gasteiger partial charge in [0.2, 0.25) is 0 Å². The van der Waals surface area contributed by atoms with Crippen LogP contribution in [-0.2, 0) is 0 Å². The zero-order valence-electron chi connectivity index (χ0n) is 7.00. The van der Waals surface area contributed by atoms with E-state index in [9.17, 15) is 0 Å². The quantitative estimate of drug-likeness (QED) is 0.507. The zero-order valence-corrected chi connectivity index (χ0v) is 7.00. The molecule has 0 aliphatic carbocycles. The second-order valence-electron chi connectivity index (χ2n) is 3.37. The van der Waals surface area contributed by atoms with Crippen LogP contribution in [-0.4, -0.2) is 5.87 Å². The maximum Gasteiger partial charge on any atom is 0.111 e. The lowest BCUT2D eigenvalue weighted by molar-refractivity contribution is 0.491. The summed E-state index contributed by atoms with van der Waals surface area (Å²) in [5.41, 5.74) is 0.881. The maximum absolute atomic E-state index is 3.97. The summed E-state index contributed by atoms with van der Waals surface area (Å²) in [4.78, 5) is 3.86. The van der Waals surface area contributed by atoms with Crippen LogP contribution < -0.4 is 0 Å². The van der Waals surface area contributed by atoms with Crippen LogP contribution in [0.2, 0.25) is 0 Å². The molecule has 0 amide bonds. The van der Waals surface area contributed by atoms with Gasteiger partial charge in [-0.3, -0.25) is 0 Å². The Morgan fingerprint density at radius 1 is 1.36 bits per heavy atom. The summed E-state index contributed by atoms with van der Waals surface area (Å²) in [6, 6.07) is 0. The van der Waals surface area contributed by atoms with Crippen LogP contribution in [0.25, 0.3) is 0 Å². The SMILES string of the molecule is CC(C)(C)C1=CN=C=CN=N1. The molecule has 0 unspecified atom stereocenters. The fourth-order valence-corrected chi connectivity index (χ4v) is 0.618. The molecule has 0 saturated heterocycles. The molecule has 11 heavy (non-hydrogen) atoms. The lowest BCUT2D eigenvalue weighted by atomic mass is 9.93. The summed E-state index contributed by atoms with van der Waals surface area (Å²) in [6.07, 6.45) is 3.14. The zero-order chi connectivity index (χ0) is 8.32. The average molecular weight is 149 g/mol.